The maximum absolute atomic E-state index is 12.6. The molecule has 0 aliphatic carbocycles. The molecule has 29 heavy (non-hydrogen) atoms. The standard InChI is InChI=1S/C21H25N3O5/c1-21(2)13-14-6-5-7-18(19(14)29-21)28-11-10-22-20(25)16-12-15(24(26)27)8-9-17(16)23(3)4/h5-9,12H,10-11,13H2,1-4H3,(H,22,25). The van der Waals surface area contributed by atoms with Gasteiger partial charge in [0.05, 0.1) is 17.0 Å². The number of carbonyl (C=O) groups excluding carboxylic acids is 1. The lowest BCUT2D eigenvalue weighted by Crippen LogP contribution is -2.29. The minimum atomic E-state index is -0.517. The molecule has 0 saturated heterocycles. The fourth-order valence-electron chi connectivity index (χ4n) is 3.33. The first-order valence-corrected chi connectivity index (χ1v) is 9.35. The predicted molar refractivity (Wildman–Crippen MR) is 110 cm³/mol. The van der Waals surface area contributed by atoms with Gasteiger partial charge in [-0.05, 0) is 26.0 Å². The van der Waals surface area contributed by atoms with E-state index in [-0.39, 0.29) is 30.0 Å². The van der Waals surface area contributed by atoms with Crippen molar-refractivity contribution in [2.75, 3.05) is 32.1 Å². The molecule has 2 aromatic rings. The van der Waals surface area contributed by atoms with Gasteiger partial charge in [-0.15, -0.1) is 0 Å². The number of hydrogen-bond acceptors (Lipinski definition) is 6. The van der Waals surface area contributed by atoms with E-state index in [0.29, 0.717) is 11.4 Å². The molecule has 1 aliphatic rings. The Labute approximate surface area is 169 Å². The maximum atomic E-state index is 12.6. The number of fused-ring (bicyclic) bond motifs is 1. The van der Waals surface area contributed by atoms with Crippen LogP contribution in [0.2, 0.25) is 0 Å². The Morgan fingerprint density at radius 1 is 1.31 bits per heavy atom. The summed E-state index contributed by atoms with van der Waals surface area (Å²) >= 11 is 0. The van der Waals surface area contributed by atoms with Crippen molar-refractivity contribution in [3.8, 4) is 11.5 Å². The van der Waals surface area contributed by atoms with Gasteiger partial charge >= 0.3 is 0 Å². The quantitative estimate of drug-likeness (QED) is 0.437. The highest BCUT2D eigenvalue weighted by atomic mass is 16.6. The maximum Gasteiger partial charge on any atom is 0.270 e. The van der Waals surface area contributed by atoms with E-state index in [9.17, 15) is 14.9 Å². The lowest BCUT2D eigenvalue weighted by atomic mass is 10.0. The Balaban J connectivity index is 1.63. The fraction of sp³-hybridized carbons (Fsp3) is 0.381. The highest BCUT2D eigenvalue weighted by Gasteiger charge is 2.32. The van der Waals surface area contributed by atoms with Crippen molar-refractivity contribution in [3.63, 3.8) is 0 Å². The van der Waals surface area contributed by atoms with Crippen molar-refractivity contribution in [1.29, 1.82) is 0 Å². The summed E-state index contributed by atoms with van der Waals surface area (Å²) in [7, 11) is 3.55. The number of para-hydroxylation sites is 1. The summed E-state index contributed by atoms with van der Waals surface area (Å²) in [6, 6.07) is 10.0. The third-order valence-corrected chi connectivity index (χ3v) is 4.62. The molecular weight excluding hydrogens is 374 g/mol. The van der Waals surface area contributed by atoms with Crippen LogP contribution in [-0.4, -0.2) is 43.7 Å². The van der Waals surface area contributed by atoms with Crippen molar-refractivity contribution >= 4 is 17.3 Å². The smallest absolute Gasteiger partial charge is 0.270 e. The summed E-state index contributed by atoms with van der Waals surface area (Å²) in [5, 5.41) is 13.8. The lowest BCUT2D eigenvalue weighted by molar-refractivity contribution is -0.384. The second-order valence-corrected chi connectivity index (χ2v) is 7.74. The van der Waals surface area contributed by atoms with E-state index in [4.69, 9.17) is 9.47 Å². The molecule has 2 aromatic carbocycles. The molecule has 8 heteroatoms. The number of rotatable bonds is 7. The minimum Gasteiger partial charge on any atom is -0.488 e. The van der Waals surface area contributed by atoms with E-state index in [1.807, 2.05) is 32.0 Å². The Morgan fingerprint density at radius 3 is 2.76 bits per heavy atom. The molecule has 0 radical (unpaired) electrons. The largest absolute Gasteiger partial charge is 0.488 e. The highest BCUT2D eigenvalue weighted by molar-refractivity contribution is 6.00. The molecule has 8 nitrogen and oxygen atoms in total. The minimum absolute atomic E-state index is 0.128. The van der Waals surface area contributed by atoms with Crippen molar-refractivity contribution in [1.82, 2.24) is 5.32 Å². The van der Waals surface area contributed by atoms with Crippen LogP contribution in [0.25, 0.3) is 0 Å². The van der Waals surface area contributed by atoms with Crippen molar-refractivity contribution in [2.45, 2.75) is 25.9 Å². The molecule has 1 aliphatic heterocycles. The van der Waals surface area contributed by atoms with E-state index in [2.05, 4.69) is 5.32 Å². The van der Waals surface area contributed by atoms with E-state index < -0.39 is 10.8 Å². The van der Waals surface area contributed by atoms with Crippen LogP contribution < -0.4 is 19.7 Å². The molecule has 0 unspecified atom stereocenters. The van der Waals surface area contributed by atoms with Gasteiger partial charge in [-0.2, -0.15) is 0 Å². The summed E-state index contributed by atoms with van der Waals surface area (Å²) in [5.74, 6) is 1.00. The zero-order chi connectivity index (χ0) is 21.2. The lowest BCUT2D eigenvalue weighted by Gasteiger charge is -2.18. The Hall–Kier alpha value is -3.29. The Bertz CT molecular complexity index is 940. The van der Waals surface area contributed by atoms with E-state index in [1.54, 1.807) is 25.1 Å². The topological polar surface area (TPSA) is 93.9 Å². The summed E-state index contributed by atoms with van der Waals surface area (Å²) in [5.41, 5.74) is 1.56. The van der Waals surface area contributed by atoms with Crippen LogP contribution >= 0.6 is 0 Å². The molecule has 0 fully saturated rings. The molecule has 1 amide bonds. The molecule has 0 aromatic heterocycles. The van der Waals surface area contributed by atoms with Crippen LogP contribution in [0.1, 0.15) is 29.8 Å². The highest BCUT2D eigenvalue weighted by Crippen LogP contribution is 2.41. The molecule has 3 rings (SSSR count). The van der Waals surface area contributed by atoms with Gasteiger partial charge in [0.15, 0.2) is 11.5 Å². The summed E-state index contributed by atoms with van der Waals surface area (Å²) in [6.07, 6.45) is 0.816. The number of hydrogen-bond donors (Lipinski definition) is 1. The number of anilines is 1. The van der Waals surface area contributed by atoms with Crippen LogP contribution in [-0.2, 0) is 6.42 Å². The first-order chi connectivity index (χ1) is 13.7. The van der Waals surface area contributed by atoms with Crippen molar-refractivity contribution < 1.29 is 19.2 Å². The van der Waals surface area contributed by atoms with Gasteiger partial charge in [0, 0.05) is 43.9 Å². The number of nitrogens with one attached hydrogen (secondary N) is 1. The second-order valence-electron chi connectivity index (χ2n) is 7.74. The van der Waals surface area contributed by atoms with Gasteiger partial charge in [0.1, 0.15) is 12.2 Å². The third kappa shape index (κ3) is 4.59. The number of amides is 1. The third-order valence-electron chi connectivity index (χ3n) is 4.62. The van der Waals surface area contributed by atoms with Crippen molar-refractivity contribution in [3.05, 3.63) is 57.6 Å². The number of ether oxygens (including phenoxy) is 2. The molecule has 1 N–H and O–H groups in total. The van der Waals surface area contributed by atoms with E-state index in [0.717, 1.165) is 17.7 Å². The van der Waals surface area contributed by atoms with E-state index >= 15 is 0 Å². The van der Waals surface area contributed by atoms with Crippen LogP contribution in [0.4, 0.5) is 11.4 Å². The summed E-state index contributed by atoms with van der Waals surface area (Å²) in [4.78, 5) is 24.8. The van der Waals surface area contributed by atoms with Gasteiger partial charge in [-0.1, -0.05) is 12.1 Å². The monoisotopic (exact) mass is 399 g/mol. The zero-order valence-electron chi connectivity index (χ0n) is 17.0. The number of benzene rings is 2. The number of nitrogens with zero attached hydrogens (tertiary/aromatic N) is 2. The number of non-ortho nitro benzene ring substituents is 1. The van der Waals surface area contributed by atoms with Gasteiger partial charge in [0.2, 0.25) is 0 Å². The average Bonchev–Trinajstić information content (AvgIpc) is 2.98. The molecular formula is C21H25N3O5. The number of carbonyl (C=O) groups is 1. The Kier molecular flexibility index (Phi) is 5.63. The molecule has 0 saturated carbocycles. The molecule has 1 heterocycles. The normalized spacial score (nSPS) is 13.9. The zero-order valence-corrected chi connectivity index (χ0v) is 17.0. The van der Waals surface area contributed by atoms with E-state index in [1.165, 1.54) is 12.1 Å². The summed E-state index contributed by atoms with van der Waals surface area (Å²) < 4.78 is 11.8. The van der Waals surface area contributed by atoms with Gasteiger partial charge in [0.25, 0.3) is 11.6 Å². The fourth-order valence-corrected chi connectivity index (χ4v) is 3.33. The van der Waals surface area contributed by atoms with Crippen molar-refractivity contribution in [2.24, 2.45) is 0 Å². The number of nitro groups is 1. The Morgan fingerprint density at radius 2 is 2.07 bits per heavy atom. The molecule has 0 spiro atoms. The van der Waals surface area contributed by atoms with Crippen LogP contribution in [0.15, 0.2) is 36.4 Å². The molecule has 0 bridgehead atoms. The van der Waals surface area contributed by atoms with Crippen LogP contribution in [0.5, 0.6) is 11.5 Å². The average molecular weight is 399 g/mol. The summed E-state index contributed by atoms with van der Waals surface area (Å²) in [6.45, 7) is 4.55. The van der Waals surface area contributed by atoms with Gasteiger partial charge in [-0.25, -0.2) is 0 Å². The molecule has 154 valence electrons. The van der Waals surface area contributed by atoms with Crippen LogP contribution in [0.3, 0.4) is 0 Å². The number of nitro benzene ring substituents is 1. The first-order valence-electron chi connectivity index (χ1n) is 9.35. The predicted octanol–water partition coefficient (Wildman–Crippen LogP) is 3.18. The van der Waals surface area contributed by atoms with Gasteiger partial charge < -0.3 is 19.7 Å². The van der Waals surface area contributed by atoms with Crippen LogP contribution in [0, 0.1) is 10.1 Å². The SMILES string of the molecule is CN(C)c1ccc([N+](=O)[O-])cc1C(=O)NCCOc1cccc2c1OC(C)(C)C2. The first kappa shape index (κ1) is 20.4. The molecule has 0 atom stereocenters. The second kappa shape index (κ2) is 7.98. The van der Waals surface area contributed by atoms with Gasteiger partial charge in [-0.3, -0.25) is 14.9 Å².